The molecular formula is C21H15FN2O5. The number of rotatable bonds is 3. The average Bonchev–Trinajstić information content (AvgIpc) is 3.23. The SMILES string of the molecule is Cc1cc(N2C(=O)C(=O)C(=C(O)c3ccc(F)cc3)C2c2cccc(O)c2)no1. The molecule has 7 nitrogen and oxygen atoms in total. The number of carbonyl (C=O) groups is 2. The molecule has 1 saturated heterocycles. The van der Waals surface area contributed by atoms with E-state index in [1.165, 1.54) is 30.3 Å². The highest BCUT2D eigenvalue weighted by atomic mass is 19.1. The lowest BCUT2D eigenvalue weighted by atomic mass is 9.95. The number of hydrogen-bond donors (Lipinski definition) is 2. The Balaban J connectivity index is 1.95. The Bertz CT molecular complexity index is 1150. The maximum absolute atomic E-state index is 13.3. The number of halogens is 1. The van der Waals surface area contributed by atoms with Crippen molar-refractivity contribution < 1.29 is 28.7 Å². The first-order chi connectivity index (χ1) is 13.9. The predicted octanol–water partition coefficient (Wildman–Crippen LogP) is 3.45. The molecule has 2 heterocycles. The van der Waals surface area contributed by atoms with Crippen molar-refractivity contribution in [3.05, 3.63) is 82.9 Å². The Morgan fingerprint density at radius 2 is 1.86 bits per heavy atom. The molecule has 0 bridgehead atoms. The van der Waals surface area contributed by atoms with E-state index in [4.69, 9.17) is 4.52 Å². The number of aliphatic hydroxyl groups excluding tert-OH is 1. The van der Waals surface area contributed by atoms with Gasteiger partial charge in [-0.15, -0.1) is 0 Å². The van der Waals surface area contributed by atoms with Crippen LogP contribution in [-0.4, -0.2) is 27.1 Å². The van der Waals surface area contributed by atoms with Crippen LogP contribution in [0.25, 0.3) is 5.76 Å². The fourth-order valence-corrected chi connectivity index (χ4v) is 3.31. The molecule has 1 atom stereocenters. The highest BCUT2D eigenvalue weighted by Gasteiger charge is 2.48. The molecule has 0 aliphatic carbocycles. The molecule has 1 fully saturated rings. The average molecular weight is 394 g/mol. The monoisotopic (exact) mass is 394 g/mol. The Labute approximate surface area is 164 Å². The summed E-state index contributed by atoms with van der Waals surface area (Å²) in [7, 11) is 0. The molecular weight excluding hydrogens is 379 g/mol. The zero-order chi connectivity index (χ0) is 20.7. The summed E-state index contributed by atoms with van der Waals surface area (Å²) in [5, 5.41) is 24.5. The number of aromatic nitrogens is 1. The van der Waals surface area contributed by atoms with Crippen molar-refractivity contribution in [3.63, 3.8) is 0 Å². The maximum Gasteiger partial charge on any atom is 0.301 e. The van der Waals surface area contributed by atoms with Gasteiger partial charge in [-0.05, 0) is 48.9 Å². The van der Waals surface area contributed by atoms with Crippen molar-refractivity contribution >= 4 is 23.3 Å². The topological polar surface area (TPSA) is 104 Å². The van der Waals surface area contributed by atoms with E-state index in [1.807, 2.05) is 0 Å². The second-order valence-corrected chi connectivity index (χ2v) is 6.57. The van der Waals surface area contributed by atoms with Crippen LogP contribution in [0.2, 0.25) is 0 Å². The summed E-state index contributed by atoms with van der Waals surface area (Å²) >= 11 is 0. The molecule has 0 radical (unpaired) electrons. The lowest BCUT2D eigenvalue weighted by molar-refractivity contribution is -0.132. The summed E-state index contributed by atoms with van der Waals surface area (Å²) in [5.74, 6) is -2.36. The minimum atomic E-state index is -1.06. The number of aryl methyl sites for hydroxylation is 1. The molecule has 2 N–H and O–H groups in total. The molecule has 1 unspecified atom stereocenters. The van der Waals surface area contributed by atoms with Crippen molar-refractivity contribution in [1.29, 1.82) is 0 Å². The van der Waals surface area contributed by atoms with Crippen molar-refractivity contribution in [3.8, 4) is 5.75 Å². The first-order valence-corrected chi connectivity index (χ1v) is 8.66. The van der Waals surface area contributed by atoms with E-state index in [0.29, 0.717) is 11.3 Å². The summed E-state index contributed by atoms with van der Waals surface area (Å²) in [6.45, 7) is 1.63. The first-order valence-electron chi connectivity index (χ1n) is 8.66. The van der Waals surface area contributed by atoms with Gasteiger partial charge < -0.3 is 14.7 Å². The summed E-state index contributed by atoms with van der Waals surface area (Å²) in [6, 6.07) is 11.3. The van der Waals surface area contributed by atoms with Crippen LogP contribution >= 0.6 is 0 Å². The number of hydrogen-bond acceptors (Lipinski definition) is 6. The highest BCUT2D eigenvalue weighted by Crippen LogP contribution is 2.42. The summed E-state index contributed by atoms with van der Waals surface area (Å²) < 4.78 is 18.3. The zero-order valence-electron chi connectivity index (χ0n) is 15.2. The lowest BCUT2D eigenvalue weighted by Crippen LogP contribution is -2.29. The number of phenolic OH excluding ortho intramolecular Hbond substituents is 1. The first kappa shape index (κ1) is 18.4. The molecule has 2 aromatic carbocycles. The summed E-state index contributed by atoms with van der Waals surface area (Å²) in [4.78, 5) is 26.8. The van der Waals surface area contributed by atoms with Gasteiger partial charge in [-0.1, -0.05) is 17.3 Å². The molecule has 0 saturated carbocycles. The van der Waals surface area contributed by atoms with E-state index in [-0.39, 0.29) is 22.7 Å². The van der Waals surface area contributed by atoms with Crippen LogP contribution < -0.4 is 4.90 Å². The number of benzene rings is 2. The molecule has 8 heteroatoms. The number of carbonyl (C=O) groups excluding carboxylic acids is 2. The standard InChI is InChI=1S/C21H15FN2O5/c1-11-9-16(23-29-11)24-18(13-3-2-4-15(25)10-13)17(20(27)21(24)28)19(26)12-5-7-14(22)8-6-12/h2-10,18,25-26H,1H3. The fraction of sp³-hybridized carbons (Fsp3) is 0.0952. The van der Waals surface area contributed by atoms with Crippen LogP contribution in [-0.2, 0) is 9.59 Å². The van der Waals surface area contributed by atoms with Gasteiger partial charge >= 0.3 is 5.91 Å². The van der Waals surface area contributed by atoms with Gasteiger partial charge in [0.1, 0.15) is 23.1 Å². The van der Waals surface area contributed by atoms with Gasteiger partial charge in [0.05, 0.1) is 11.6 Å². The van der Waals surface area contributed by atoms with Crippen LogP contribution in [0.15, 0.2) is 64.7 Å². The second-order valence-electron chi connectivity index (χ2n) is 6.57. The smallest absolute Gasteiger partial charge is 0.301 e. The number of nitrogens with zero attached hydrogens (tertiary/aromatic N) is 2. The molecule has 3 aromatic rings. The van der Waals surface area contributed by atoms with Gasteiger partial charge in [-0.2, -0.15) is 0 Å². The van der Waals surface area contributed by atoms with E-state index in [1.54, 1.807) is 19.1 Å². The number of anilines is 1. The number of Topliss-reactive ketones (excluding diaryl/α,β-unsaturated/α-hetero) is 1. The van der Waals surface area contributed by atoms with Gasteiger partial charge in [0.2, 0.25) is 0 Å². The van der Waals surface area contributed by atoms with Gasteiger partial charge in [0.15, 0.2) is 5.82 Å². The van der Waals surface area contributed by atoms with Gasteiger partial charge in [0.25, 0.3) is 5.78 Å². The molecule has 1 aliphatic rings. The minimum Gasteiger partial charge on any atom is -0.508 e. The summed E-state index contributed by atoms with van der Waals surface area (Å²) in [6.07, 6.45) is 0. The van der Waals surface area contributed by atoms with Crippen molar-refractivity contribution in [1.82, 2.24) is 5.16 Å². The third kappa shape index (κ3) is 3.14. The highest BCUT2D eigenvalue weighted by molar-refractivity contribution is 6.51. The number of ketones is 1. The van der Waals surface area contributed by atoms with Crippen LogP contribution in [0.3, 0.4) is 0 Å². The van der Waals surface area contributed by atoms with Crippen LogP contribution in [0, 0.1) is 12.7 Å². The van der Waals surface area contributed by atoms with Crippen LogP contribution in [0.4, 0.5) is 10.2 Å². The van der Waals surface area contributed by atoms with Gasteiger partial charge in [-0.3, -0.25) is 14.5 Å². The second kappa shape index (κ2) is 6.90. The Kier molecular flexibility index (Phi) is 4.38. The molecule has 29 heavy (non-hydrogen) atoms. The summed E-state index contributed by atoms with van der Waals surface area (Å²) in [5.41, 5.74) is 0.354. The number of amides is 1. The largest absolute Gasteiger partial charge is 0.508 e. The molecule has 4 rings (SSSR count). The van der Waals surface area contributed by atoms with Crippen LogP contribution in [0.1, 0.15) is 22.9 Å². The van der Waals surface area contributed by atoms with E-state index in [9.17, 15) is 24.2 Å². The molecule has 1 aromatic heterocycles. The quantitative estimate of drug-likeness (QED) is 0.401. The molecule has 1 amide bonds. The number of aliphatic hydroxyl groups is 1. The van der Waals surface area contributed by atoms with E-state index >= 15 is 0 Å². The van der Waals surface area contributed by atoms with E-state index in [0.717, 1.165) is 17.0 Å². The third-order valence-corrected chi connectivity index (χ3v) is 4.61. The van der Waals surface area contributed by atoms with Crippen molar-refractivity contribution in [2.45, 2.75) is 13.0 Å². The maximum atomic E-state index is 13.3. The molecule has 146 valence electrons. The van der Waals surface area contributed by atoms with E-state index < -0.39 is 29.3 Å². The minimum absolute atomic E-state index is 0.0776. The normalized spacial score (nSPS) is 18.4. The third-order valence-electron chi connectivity index (χ3n) is 4.61. The Hall–Kier alpha value is -3.94. The fourth-order valence-electron chi connectivity index (χ4n) is 3.31. The van der Waals surface area contributed by atoms with Crippen LogP contribution in [0.5, 0.6) is 5.75 Å². The lowest BCUT2D eigenvalue weighted by Gasteiger charge is -2.22. The Morgan fingerprint density at radius 3 is 2.48 bits per heavy atom. The Morgan fingerprint density at radius 1 is 1.14 bits per heavy atom. The van der Waals surface area contributed by atoms with Gasteiger partial charge in [-0.25, -0.2) is 4.39 Å². The van der Waals surface area contributed by atoms with Crippen molar-refractivity contribution in [2.24, 2.45) is 0 Å². The van der Waals surface area contributed by atoms with E-state index in [2.05, 4.69) is 5.16 Å². The van der Waals surface area contributed by atoms with Gasteiger partial charge in [0, 0.05) is 11.6 Å². The number of aromatic hydroxyl groups is 1. The zero-order valence-corrected chi connectivity index (χ0v) is 15.2. The molecule has 0 spiro atoms. The molecule has 1 aliphatic heterocycles. The predicted molar refractivity (Wildman–Crippen MR) is 101 cm³/mol. The number of phenols is 1. The van der Waals surface area contributed by atoms with Crippen molar-refractivity contribution in [2.75, 3.05) is 4.90 Å².